The van der Waals surface area contributed by atoms with Gasteiger partial charge in [-0.05, 0) is 36.8 Å². The normalized spacial score (nSPS) is 20.2. The van der Waals surface area contributed by atoms with Crippen LogP contribution in [0.25, 0.3) is 11.0 Å². The van der Waals surface area contributed by atoms with Crippen LogP contribution in [0.15, 0.2) is 59.5 Å². The summed E-state index contributed by atoms with van der Waals surface area (Å²) in [5.41, 5.74) is 2.63. The van der Waals surface area contributed by atoms with E-state index < -0.39 is 41.8 Å². The highest BCUT2D eigenvalue weighted by Gasteiger charge is 2.32. The lowest BCUT2D eigenvalue weighted by molar-refractivity contribution is -0.131. The zero-order valence-electron chi connectivity index (χ0n) is 24.9. The van der Waals surface area contributed by atoms with Crippen molar-refractivity contribution in [3.8, 4) is 0 Å². The number of aromatic nitrogens is 4. The van der Waals surface area contributed by atoms with Crippen molar-refractivity contribution in [2.45, 2.75) is 57.7 Å². The first kappa shape index (κ1) is 30.4. The Labute approximate surface area is 254 Å². The van der Waals surface area contributed by atoms with Crippen molar-refractivity contribution in [2.75, 3.05) is 6.54 Å². The molecule has 2 bridgehead atoms. The largest absolute Gasteiger partial charge is 0.446 e. The predicted octanol–water partition coefficient (Wildman–Crippen LogP) is 2.21. The van der Waals surface area contributed by atoms with E-state index in [-0.39, 0.29) is 29.5 Å². The van der Waals surface area contributed by atoms with Gasteiger partial charge in [-0.2, -0.15) is 5.10 Å². The molecule has 1 aliphatic heterocycles. The number of benzene rings is 1. The maximum Gasteiger partial charge on any atom is 0.273 e. The van der Waals surface area contributed by atoms with Crippen molar-refractivity contribution in [3.63, 3.8) is 0 Å². The minimum atomic E-state index is -0.936. The number of nitrogens with one attached hydrogen (secondary N) is 4. The number of oxazole rings is 1. The summed E-state index contributed by atoms with van der Waals surface area (Å²) >= 11 is 0. The van der Waals surface area contributed by atoms with E-state index in [1.54, 1.807) is 24.0 Å². The maximum atomic E-state index is 13.7. The van der Waals surface area contributed by atoms with Crippen molar-refractivity contribution in [1.82, 2.24) is 41.0 Å². The Kier molecular flexibility index (Phi) is 9.32. The van der Waals surface area contributed by atoms with E-state index in [0.29, 0.717) is 36.8 Å². The van der Waals surface area contributed by atoms with E-state index >= 15 is 0 Å². The summed E-state index contributed by atoms with van der Waals surface area (Å²) in [6.07, 6.45) is 6.01. The summed E-state index contributed by atoms with van der Waals surface area (Å²) in [6, 6.07) is 8.60. The Hall–Kier alpha value is -5.07. The highest BCUT2D eigenvalue weighted by atomic mass is 16.3. The lowest BCUT2D eigenvalue weighted by atomic mass is 10.00. The van der Waals surface area contributed by atoms with Crippen LogP contribution in [0.4, 0.5) is 0 Å². The van der Waals surface area contributed by atoms with Crippen molar-refractivity contribution in [3.05, 3.63) is 77.8 Å². The number of nitrogens with zero attached hydrogens (tertiary/aromatic N) is 4. The molecule has 0 unspecified atom stereocenters. The van der Waals surface area contributed by atoms with Crippen LogP contribution < -0.4 is 21.3 Å². The molecule has 0 saturated carbocycles. The summed E-state index contributed by atoms with van der Waals surface area (Å²) in [7, 11) is 1.75. The van der Waals surface area contributed by atoms with Crippen LogP contribution in [0.5, 0.6) is 0 Å². The Morgan fingerprint density at radius 3 is 2.66 bits per heavy atom. The fourth-order valence-electron chi connectivity index (χ4n) is 5.08. The van der Waals surface area contributed by atoms with Gasteiger partial charge in [-0.25, -0.2) is 4.98 Å². The van der Waals surface area contributed by atoms with Crippen molar-refractivity contribution in [1.29, 1.82) is 0 Å². The number of hydrogen-bond acceptors (Lipinski definition) is 8. The third-order valence-electron chi connectivity index (χ3n) is 7.59. The smallest absolute Gasteiger partial charge is 0.273 e. The topological polar surface area (TPSA) is 173 Å². The van der Waals surface area contributed by atoms with Crippen molar-refractivity contribution in [2.24, 2.45) is 13.0 Å². The monoisotopic (exact) mass is 600 g/mol. The Balaban J connectivity index is 1.39. The van der Waals surface area contributed by atoms with Gasteiger partial charge in [-0.15, -0.1) is 0 Å². The molecule has 44 heavy (non-hydrogen) atoms. The third kappa shape index (κ3) is 7.10. The van der Waals surface area contributed by atoms with Gasteiger partial charge in [-0.1, -0.05) is 44.2 Å². The number of fused-ring (bicyclic) bond motifs is 3. The molecular weight excluding hydrogens is 564 g/mol. The maximum absolute atomic E-state index is 13.7. The molecule has 13 heteroatoms. The van der Waals surface area contributed by atoms with Gasteiger partial charge in [0.2, 0.25) is 17.7 Å². The summed E-state index contributed by atoms with van der Waals surface area (Å²) in [5, 5.41) is 15.6. The first-order chi connectivity index (χ1) is 21.2. The number of hydrogen-bond donors (Lipinski definition) is 4. The fraction of sp³-hybridized carbons (Fsp3) is 0.387. The fourth-order valence-corrected chi connectivity index (χ4v) is 5.08. The molecule has 13 nitrogen and oxygen atoms in total. The second kappa shape index (κ2) is 13.5. The Morgan fingerprint density at radius 2 is 1.89 bits per heavy atom. The molecule has 1 aromatic carbocycles. The van der Waals surface area contributed by atoms with Crippen molar-refractivity contribution >= 4 is 34.7 Å². The minimum absolute atomic E-state index is 0.109. The molecule has 0 fully saturated rings. The van der Waals surface area contributed by atoms with E-state index in [1.165, 1.54) is 12.5 Å². The molecule has 4 N–H and O–H groups in total. The van der Waals surface area contributed by atoms with E-state index in [9.17, 15) is 19.2 Å². The van der Waals surface area contributed by atoms with Crippen LogP contribution >= 0.6 is 0 Å². The van der Waals surface area contributed by atoms with E-state index in [4.69, 9.17) is 4.42 Å². The SMILES string of the molecule is CC(C)[C@@H]1NC(=O)[C@@H](NC(=O)c2cnc3cnn(C)c3c2)CCCCNC(=O)c2coc(n2)[C@@H](Cc2ccccc2)NC1=O. The molecule has 4 amide bonds. The summed E-state index contributed by atoms with van der Waals surface area (Å²) in [6.45, 7) is 3.99. The molecule has 4 aromatic rings. The standard InChI is InChI=1S/C31H36N8O5/c1-18(2)26-30(43)36-22(13-19-9-5-4-6-10-19)31-37-24(17-44-31)28(41)32-12-8-7-11-21(29(42)38-26)35-27(40)20-14-25-23(33-15-20)16-34-39(25)3/h4-6,9-10,14-18,21-22,26H,7-8,11-13H2,1-3H3,(H,32,41)(H,35,40)(H,36,43)(H,38,42)/t21-,22+,26-/m0/s1. The molecule has 0 aliphatic carbocycles. The van der Waals surface area contributed by atoms with E-state index in [2.05, 4.69) is 36.3 Å². The second-order valence-electron chi connectivity index (χ2n) is 11.2. The van der Waals surface area contributed by atoms with Crippen LogP contribution in [0, 0.1) is 5.92 Å². The lowest BCUT2D eigenvalue weighted by Gasteiger charge is -2.27. The zero-order valence-corrected chi connectivity index (χ0v) is 24.9. The van der Waals surface area contributed by atoms with Gasteiger partial charge in [0.15, 0.2) is 5.69 Å². The zero-order chi connectivity index (χ0) is 31.2. The van der Waals surface area contributed by atoms with Gasteiger partial charge >= 0.3 is 0 Å². The van der Waals surface area contributed by atoms with Crippen LogP contribution in [0.2, 0.25) is 0 Å². The molecule has 4 heterocycles. The van der Waals surface area contributed by atoms with E-state index in [1.807, 2.05) is 44.2 Å². The first-order valence-electron chi connectivity index (χ1n) is 14.7. The number of aryl methyl sites for hydroxylation is 1. The average Bonchev–Trinajstić information content (AvgIpc) is 3.65. The number of carbonyl (C=O) groups excluding carboxylic acids is 4. The van der Waals surface area contributed by atoms with Gasteiger partial charge < -0.3 is 25.7 Å². The highest BCUT2D eigenvalue weighted by molar-refractivity contribution is 6.00. The van der Waals surface area contributed by atoms with Crippen LogP contribution in [0.1, 0.15) is 71.5 Å². The molecule has 3 atom stereocenters. The van der Waals surface area contributed by atoms with Crippen molar-refractivity contribution < 1.29 is 23.6 Å². The molecule has 3 aromatic heterocycles. The highest BCUT2D eigenvalue weighted by Crippen LogP contribution is 2.20. The molecule has 230 valence electrons. The third-order valence-corrected chi connectivity index (χ3v) is 7.59. The quantitative estimate of drug-likeness (QED) is 0.270. The first-order valence-corrected chi connectivity index (χ1v) is 14.7. The van der Waals surface area contributed by atoms with Crippen LogP contribution in [-0.4, -0.2) is 62.0 Å². The van der Waals surface area contributed by atoms with Gasteiger partial charge in [-0.3, -0.25) is 28.8 Å². The minimum Gasteiger partial charge on any atom is -0.446 e. The lowest BCUT2D eigenvalue weighted by Crippen LogP contribution is -2.56. The molecule has 0 spiro atoms. The molecule has 0 saturated heterocycles. The molecule has 0 radical (unpaired) electrons. The summed E-state index contributed by atoms with van der Waals surface area (Å²) < 4.78 is 7.27. The molecule has 5 rings (SSSR count). The van der Waals surface area contributed by atoms with Crippen LogP contribution in [-0.2, 0) is 23.1 Å². The number of amides is 4. The number of rotatable bonds is 5. The number of carbonyl (C=O) groups is 4. The van der Waals surface area contributed by atoms with E-state index in [0.717, 1.165) is 5.56 Å². The van der Waals surface area contributed by atoms with Gasteiger partial charge in [0, 0.05) is 26.2 Å². The number of pyridine rings is 1. The second-order valence-corrected chi connectivity index (χ2v) is 11.2. The molecular formula is C31H36N8O5. The summed E-state index contributed by atoms with van der Waals surface area (Å²) in [5.74, 6) is -1.92. The van der Waals surface area contributed by atoms with Gasteiger partial charge in [0.05, 0.1) is 17.3 Å². The molecule has 1 aliphatic rings. The Morgan fingerprint density at radius 1 is 1.09 bits per heavy atom. The van der Waals surface area contributed by atoms with Crippen LogP contribution in [0.3, 0.4) is 0 Å². The summed E-state index contributed by atoms with van der Waals surface area (Å²) in [4.78, 5) is 62.0. The average molecular weight is 601 g/mol. The van der Waals surface area contributed by atoms with Gasteiger partial charge in [0.1, 0.15) is 29.9 Å². The van der Waals surface area contributed by atoms with Gasteiger partial charge in [0.25, 0.3) is 11.8 Å². The predicted molar refractivity (Wildman–Crippen MR) is 160 cm³/mol. The Bertz CT molecular complexity index is 1650.